The van der Waals surface area contributed by atoms with Crippen molar-refractivity contribution in [3.8, 4) is 0 Å². The van der Waals surface area contributed by atoms with Crippen LogP contribution in [0.4, 0.5) is 0 Å². The highest BCUT2D eigenvalue weighted by molar-refractivity contribution is 6.30. The number of imidazole rings is 1. The quantitative estimate of drug-likeness (QED) is 0.871. The average Bonchev–Trinajstić information content (AvgIpc) is 3.04. The lowest BCUT2D eigenvalue weighted by Crippen LogP contribution is -2.55. The van der Waals surface area contributed by atoms with E-state index in [2.05, 4.69) is 10.1 Å². The molecule has 0 saturated heterocycles. The maximum atomic E-state index is 11.3. The van der Waals surface area contributed by atoms with E-state index in [1.54, 1.807) is 42.7 Å². The smallest absolute Gasteiger partial charge is 0.170 e. The van der Waals surface area contributed by atoms with Gasteiger partial charge in [0.1, 0.15) is 11.4 Å². The molecule has 7 heteroatoms. The molecule has 2 aromatic rings. The Labute approximate surface area is 138 Å². The molecule has 120 valence electrons. The number of aromatic nitrogens is 2. The minimum Gasteiger partial charge on any atom is -0.386 e. The molecule has 0 bridgehead atoms. The SMILES string of the molecule is CC1(C)ON=C(c2ccc(Cl)cc2)C1(O)Cn1cncc1C=O. The van der Waals surface area contributed by atoms with Gasteiger partial charge < -0.3 is 14.5 Å². The molecule has 0 amide bonds. The number of hydrogen-bond donors (Lipinski definition) is 1. The van der Waals surface area contributed by atoms with E-state index in [-0.39, 0.29) is 6.54 Å². The van der Waals surface area contributed by atoms with Crippen LogP contribution in [0.3, 0.4) is 0 Å². The van der Waals surface area contributed by atoms with Crippen LogP contribution in [-0.4, -0.2) is 37.9 Å². The van der Waals surface area contributed by atoms with Crippen LogP contribution in [0.5, 0.6) is 0 Å². The largest absolute Gasteiger partial charge is 0.386 e. The topological polar surface area (TPSA) is 76.7 Å². The van der Waals surface area contributed by atoms with Gasteiger partial charge in [0, 0.05) is 10.6 Å². The van der Waals surface area contributed by atoms with E-state index < -0.39 is 11.2 Å². The fraction of sp³-hybridized carbons (Fsp3) is 0.312. The van der Waals surface area contributed by atoms with Gasteiger partial charge in [-0.2, -0.15) is 0 Å². The molecule has 3 rings (SSSR count). The Morgan fingerprint density at radius 1 is 1.35 bits per heavy atom. The third-order valence-corrected chi connectivity index (χ3v) is 4.39. The number of nitrogens with zero attached hydrogens (tertiary/aromatic N) is 3. The second-order valence-electron chi connectivity index (χ2n) is 5.97. The molecule has 6 nitrogen and oxygen atoms in total. The number of aliphatic hydroxyl groups is 1. The van der Waals surface area contributed by atoms with Crippen LogP contribution in [0.2, 0.25) is 5.02 Å². The van der Waals surface area contributed by atoms with Crippen molar-refractivity contribution in [2.45, 2.75) is 31.6 Å². The van der Waals surface area contributed by atoms with E-state index in [4.69, 9.17) is 16.4 Å². The second kappa shape index (κ2) is 5.47. The minimum atomic E-state index is -1.43. The summed E-state index contributed by atoms with van der Waals surface area (Å²) in [5, 5.41) is 16.0. The van der Waals surface area contributed by atoms with Crippen molar-refractivity contribution in [1.29, 1.82) is 0 Å². The fourth-order valence-electron chi connectivity index (χ4n) is 2.57. The van der Waals surface area contributed by atoms with Gasteiger partial charge in [0.2, 0.25) is 0 Å². The first-order valence-electron chi connectivity index (χ1n) is 7.08. The average molecular weight is 334 g/mol. The van der Waals surface area contributed by atoms with Crippen LogP contribution in [0.25, 0.3) is 0 Å². The molecule has 1 aliphatic rings. The first-order valence-corrected chi connectivity index (χ1v) is 7.45. The van der Waals surface area contributed by atoms with Crippen molar-refractivity contribution >= 4 is 23.6 Å². The highest BCUT2D eigenvalue weighted by Gasteiger charge is 2.55. The lowest BCUT2D eigenvalue weighted by Gasteiger charge is -2.35. The Morgan fingerprint density at radius 3 is 2.70 bits per heavy atom. The summed E-state index contributed by atoms with van der Waals surface area (Å²) in [6.07, 6.45) is 3.63. The van der Waals surface area contributed by atoms with Crippen LogP contribution in [0, 0.1) is 0 Å². The van der Waals surface area contributed by atoms with Crippen LogP contribution < -0.4 is 0 Å². The summed E-state index contributed by atoms with van der Waals surface area (Å²) in [7, 11) is 0. The van der Waals surface area contributed by atoms with Gasteiger partial charge in [-0.15, -0.1) is 0 Å². The van der Waals surface area contributed by atoms with Gasteiger partial charge in [-0.3, -0.25) is 4.79 Å². The maximum absolute atomic E-state index is 11.3. The van der Waals surface area contributed by atoms with Gasteiger partial charge in [-0.05, 0) is 26.0 Å². The summed E-state index contributed by atoms with van der Waals surface area (Å²) in [4.78, 5) is 20.5. The molecule has 1 atom stereocenters. The lowest BCUT2D eigenvalue weighted by molar-refractivity contribution is -0.109. The summed E-state index contributed by atoms with van der Waals surface area (Å²) in [5.74, 6) is 0. The molecule has 1 N–H and O–H groups in total. The van der Waals surface area contributed by atoms with E-state index in [0.717, 1.165) is 0 Å². The Kier molecular flexibility index (Phi) is 3.74. The zero-order valence-corrected chi connectivity index (χ0v) is 13.5. The predicted octanol–water partition coefficient (Wildman–Crippen LogP) is 2.29. The number of oxime groups is 1. The van der Waals surface area contributed by atoms with E-state index in [0.29, 0.717) is 28.3 Å². The molecular weight excluding hydrogens is 318 g/mol. The zero-order valence-electron chi connectivity index (χ0n) is 12.7. The Bertz CT molecular complexity index is 767. The number of halogens is 1. The van der Waals surface area contributed by atoms with E-state index in [1.165, 1.54) is 12.5 Å². The second-order valence-corrected chi connectivity index (χ2v) is 6.41. The van der Waals surface area contributed by atoms with E-state index in [9.17, 15) is 9.90 Å². The Hall–Kier alpha value is -2.18. The molecule has 1 aliphatic heterocycles. The third-order valence-electron chi connectivity index (χ3n) is 4.13. The standard InChI is InChI=1S/C16H16ClN3O3/c1-15(2)16(22,9-20-10-18-7-13(20)8-21)14(19-23-15)11-3-5-12(17)6-4-11/h3-8,10,22H,9H2,1-2H3. The van der Waals surface area contributed by atoms with Crippen LogP contribution in [0.1, 0.15) is 29.9 Å². The molecule has 0 saturated carbocycles. The number of benzene rings is 1. The van der Waals surface area contributed by atoms with Gasteiger partial charge in [-0.1, -0.05) is 28.9 Å². The molecule has 0 aliphatic carbocycles. The fourth-order valence-corrected chi connectivity index (χ4v) is 2.69. The van der Waals surface area contributed by atoms with Gasteiger partial charge in [-0.25, -0.2) is 4.98 Å². The van der Waals surface area contributed by atoms with Crippen molar-refractivity contribution < 1.29 is 14.7 Å². The van der Waals surface area contributed by atoms with E-state index >= 15 is 0 Å². The summed E-state index contributed by atoms with van der Waals surface area (Å²) in [6.45, 7) is 3.59. The van der Waals surface area contributed by atoms with Gasteiger partial charge in [0.05, 0.1) is 19.1 Å². The Balaban J connectivity index is 2.03. The zero-order chi connectivity index (χ0) is 16.7. The lowest BCUT2D eigenvalue weighted by atomic mass is 9.79. The van der Waals surface area contributed by atoms with Crippen molar-refractivity contribution in [1.82, 2.24) is 9.55 Å². The molecule has 0 spiro atoms. The molecule has 2 heterocycles. The van der Waals surface area contributed by atoms with Crippen LogP contribution in [0.15, 0.2) is 41.9 Å². The first kappa shape index (κ1) is 15.7. The molecule has 1 aromatic carbocycles. The highest BCUT2D eigenvalue weighted by atomic mass is 35.5. The molecule has 0 fully saturated rings. The Morgan fingerprint density at radius 2 is 2.04 bits per heavy atom. The summed E-state index contributed by atoms with van der Waals surface area (Å²) in [5.41, 5.74) is -0.928. The van der Waals surface area contributed by atoms with Crippen molar-refractivity contribution in [3.05, 3.63) is 53.1 Å². The predicted molar refractivity (Wildman–Crippen MR) is 85.7 cm³/mol. The van der Waals surface area contributed by atoms with Crippen molar-refractivity contribution in [2.75, 3.05) is 0 Å². The normalized spacial score (nSPS) is 22.5. The minimum absolute atomic E-state index is 0.0928. The summed E-state index contributed by atoms with van der Waals surface area (Å²) < 4.78 is 1.58. The number of hydrogen-bond acceptors (Lipinski definition) is 5. The van der Waals surface area contributed by atoms with Crippen LogP contribution >= 0.6 is 11.6 Å². The number of carbonyl (C=O) groups excluding carboxylic acids is 1. The molecule has 1 aromatic heterocycles. The van der Waals surface area contributed by atoms with E-state index in [1.807, 2.05) is 0 Å². The molecular formula is C16H16ClN3O3. The van der Waals surface area contributed by atoms with Gasteiger partial charge in [0.15, 0.2) is 17.5 Å². The molecule has 1 unspecified atom stereocenters. The number of aldehydes is 1. The highest BCUT2D eigenvalue weighted by Crippen LogP contribution is 2.37. The van der Waals surface area contributed by atoms with Gasteiger partial charge >= 0.3 is 0 Å². The van der Waals surface area contributed by atoms with Crippen molar-refractivity contribution in [3.63, 3.8) is 0 Å². The molecule has 0 radical (unpaired) electrons. The summed E-state index contributed by atoms with van der Waals surface area (Å²) >= 11 is 5.92. The van der Waals surface area contributed by atoms with Crippen molar-refractivity contribution in [2.24, 2.45) is 5.16 Å². The maximum Gasteiger partial charge on any atom is 0.170 e. The van der Waals surface area contributed by atoms with Gasteiger partial charge in [0.25, 0.3) is 0 Å². The monoisotopic (exact) mass is 333 g/mol. The number of rotatable bonds is 4. The molecule has 23 heavy (non-hydrogen) atoms. The summed E-state index contributed by atoms with van der Waals surface area (Å²) in [6, 6.07) is 6.98. The third kappa shape index (κ3) is 2.54. The van der Waals surface area contributed by atoms with Crippen LogP contribution in [-0.2, 0) is 11.4 Å². The first-order chi connectivity index (χ1) is 10.9. The number of carbonyl (C=O) groups is 1.